The molecule has 0 aliphatic heterocycles. The minimum Gasteiger partial charge on any atom is -0.507 e. The Bertz CT molecular complexity index is 671. The zero-order valence-corrected chi connectivity index (χ0v) is 11.6. The molecule has 3 N–H and O–H groups in total. The zero-order chi connectivity index (χ0) is 15.9. The number of hydrogen-bond acceptors (Lipinski definition) is 7. The number of hydrogen-bond donors (Lipinski definition) is 3. The van der Waals surface area contributed by atoms with Crippen molar-refractivity contribution in [3.63, 3.8) is 0 Å². The summed E-state index contributed by atoms with van der Waals surface area (Å²) >= 11 is 0. The number of benzene rings is 1. The summed E-state index contributed by atoms with van der Waals surface area (Å²) in [5.74, 6) is -3.20. The molecule has 0 heterocycles. The minimum absolute atomic E-state index is 0.163. The summed E-state index contributed by atoms with van der Waals surface area (Å²) in [6, 6.07) is 0. The molecule has 21 heavy (non-hydrogen) atoms. The highest BCUT2D eigenvalue weighted by atomic mass is 16.5. The molecule has 7 nitrogen and oxygen atoms in total. The third-order valence-electron chi connectivity index (χ3n) is 3.24. The summed E-state index contributed by atoms with van der Waals surface area (Å²) in [4.78, 5) is 24.2. The van der Waals surface area contributed by atoms with Gasteiger partial charge in [-0.3, -0.25) is 9.59 Å². The normalized spacial score (nSPS) is 15.3. The summed E-state index contributed by atoms with van der Waals surface area (Å²) in [7, 11) is 2.41. The highest BCUT2D eigenvalue weighted by molar-refractivity contribution is 6.26. The molecule has 7 heteroatoms. The molecule has 2 rings (SSSR count). The Morgan fingerprint density at radius 1 is 1.05 bits per heavy atom. The predicted octanol–water partition coefficient (Wildman–Crippen LogP) is 1.07. The summed E-state index contributed by atoms with van der Waals surface area (Å²) in [6.07, 6.45) is -0.297. The highest BCUT2D eigenvalue weighted by Gasteiger charge is 2.37. The summed E-state index contributed by atoms with van der Waals surface area (Å²) in [5, 5.41) is 30.1. The van der Waals surface area contributed by atoms with Crippen LogP contribution in [0.5, 0.6) is 17.2 Å². The van der Waals surface area contributed by atoms with Crippen LogP contribution in [0.25, 0.3) is 0 Å². The summed E-state index contributed by atoms with van der Waals surface area (Å²) in [5.41, 5.74) is -0.947. The number of phenolic OH excluding ortho intramolecular Hbond substituents is 2. The molecule has 0 spiro atoms. The van der Waals surface area contributed by atoms with Gasteiger partial charge >= 0.3 is 0 Å². The Kier molecular flexibility index (Phi) is 3.61. The van der Waals surface area contributed by atoms with Crippen molar-refractivity contribution < 1.29 is 34.4 Å². The number of phenols is 2. The van der Waals surface area contributed by atoms with Crippen LogP contribution in [-0.2, 0) is 4.74 Å². The van der Waals surface area contributed by atoms with Gasteiger partial charge in [-0.25, -0.2) is 0 Å². The molecule has 1 unspecified atom stereocenters. The number of carbonyl (C=O) groups excluding carboxylic acids is 2. The largest absolute Gasteiger partial charge is 0.507 e. The Balaban J connectivity index is 2.89. The van der Waals surface area contributed by atoms with Crippen molar-refractivity contribution in [2.24, 2.45) is 0 Å². The number of aliphatic hydroxyl groups is 1. The smallest absolute Gasteiger partial charge is 0.232 e. The van der Waals surface area contributed by atoms with Gasteiger partial charge in [-0.05, 0) is 6.92 Å². The first kappa shape index (κ1) is 14.9. The van der Waals surface area contributed by atoms with Gasteiger partial charge in [0.25, 0.3) is 0 Å². The monoisotopic (exact) mass is 294 g/mol. The lowest BCUT2D eigenvalue weighted by molar-refractivity contribution is 0.0910. The third kappa shape index (κ3) is 2.02. The van der Waals surface area contributed by atoms with E-state index >= 15 is 0 Å². The SMILES string of the molecule is COC1=CC(=O)c2c(O)c(C(C)O)c(OC)c(O)c2C1=O. The first-order chi connectivity index (χ1) is 9.84. The third-order valence-corrected chi connectivity index (χ3v) is 3.24. The molecule has 1 aromatic carbocycles. The fourth-order valence-corrected chi connectivity index (χ4v) is 2.31. The second-order valence-electron chi connectivity index (χ2n) is 4.48. The van der Waals surface area contributed by atoms with Gasteiger partial charge in [-0.1, -0.05) is 0 Å². The molecule has 112 valence electrons. The van der Waals surface area contributed by atoms with Crippen LogP contribution in [0.1, 0.15) is 39.3 Å². The van der Waals surface area contributed by atoms with E-state index in [9.17, 15) is 24.9 Å². The maximum absolute atomic E-state index is 12.2. The number of fused-ring (bicyclic) bond motifs is 1. The quantitative estimate of drug-likeness (QED) is 0.714. The zero-order valence-electron chi connectivity index (χ0n) is 11.6. The lowest BCUT2D eigenvalue weighted by atomic mass is 9.88. The van der Waals surface area contributed by atoms with Crippen molar-refractivity contribution in [2.45, 2.75) is 13.0 Å². The van der Waals surface area contributed by atoms with E-state index in [0.717, 1.165) is 6.08 Å². The van der Waals surface area contributed by atoms with Crippen LogP contribution in [0.2, 0.25) is 0 Å². The van der Waals surface area contributed by atoms with E-state index in [4.69, 9.17) is 9.47 Å². The van der Waals surface area contributed by atoms with E-state index in [2.05, 4.69) is 0 Å². The van der Waals surface area contributed by atoms with Crippen molar-refractivity contribution in [1.82, 2.24) is 0 Å². The molecule has 1 aromatic rings. The fourth-order valence-electron chi connectivity index (χ4n) is 2.31. The highest BCUT2D eigenvalue weighted by Crippen LogP contribution is 2.47. The Labute approximate surface area is 120 Å². The second kappa shape index (κ2) is 5.10. The van der Waals surface area contributed by atoms with Crippen molar-refractivity contribution in [2.75, 3.05) is 14.2 Å². The van der Waals surface area contributed by atoms with Crippen LogP contribution in [0.15, 0.2) is 11.8 Å². The molecule has 0 saturated heterocycles. The molecule has 1 aliphatic rings. The molecule has 1 atom stereocenters. The van der Waals surface area contributed by atoms with Crippen LogP contribution < -0.4 is 4.74 Å². The van der Waals surface area contributed by atoms with Gasteiger partial charge in [0.15, 0.2) is 23.0 Å². The number of carbonyl (C=O) groups is 2. The fraction of sp³-hybridized carbons (Fsp3) is 0.286. The maximum atomic E-state index is 12.2. The number of Topliss-reactive ketones (excluding diaryl/α,β-unsaturated/α-hetero) is 1. The van der Waals surface area contributed by atoms with Crippen molar-refractivity contribution in [3.8, 4) is 17.2 Å². The van der Waals surface area contributed by atoms with E-state index in [1.807, 2.05) is 0 Å². The molecular formula is C14H14O7. The van der Waals surface area contributed by atoms with E-state index in [1.54, 1.807) is 0 Å². The number of ketones is 2. The van der Waals surface area contributed by atoms with Gasteiger partial charge in [0, 0.05) is 6.08 Å². The number of aromatic hydroxyl groups is 2. The van der Waals surface area contributed by atoms with Gasteiger partial charge in [0.2, 0.25) is 5.78 Å². The van der Waals surface area contributed by atoms with E-state index in [1.165, 1.54) is 21.1 Å². The Morgan fingerprint density at radius 3 is 2.14 bits per heavy atom. The van der Waals surface area contributed by atoms with Crippen molar-refractivity contribution in [1.29, 1.82) is 0 Å². The van der Waals surface area contributed by atoms with Crippen LogP contribution in [-0.4, -0.2) is 41.1 Å². The lowest BCUT2D eigenvalue weighted by Gasteiger charge is -2.22. The van der Waals surface area contributed by atoms with E-state index in [0.29, 0.717) is 0 Å². The number of allylic oxidation sites excluding steroid dienone is 2. The van der Waals surface area contributed by atoms with Crippen LogP contribution in [0.3, 0.4) is 0 Å². The molecule has 0 bridgehead atoms. The predicted molar refractivity (Wildman–Crippen MR) is 70.7 cm³/mol. The number of ether oxygens (including phenoxy) is 2. The van der Waals surface area contributed by atoms with Crippen LogP contribution in [0.4, 0.5) is 0 Å². The summed E-state index contributed by atoms with van der Waals surface area (Å²) in [6.45, 7) is 1.33. The minimum atomic E-state index is -1.22. The molecule has 0 radical (unpaired) electrons. The molecule has 1 aliphatic carbocycles. The number of aliphatic hydroxyl groups excluding tert-OH is 1. The van der Waals surface area contributed by atoms with Gasteiger partial charge in [-0.2, -0.15) is 0 Å². The van der Waals surface area contributed by atoms with Gasteiger partial charge in [0.05, 0.1) is 37.0 Å². The number of rotatable bonds is 3. The average molecular weight is 294 g/mol. The van der Waals surface area contributed by atoms with Crippen molar-refractivity contribution >= 4 is 11.6 Å². The maximum Gasteiger partial charge on any atom is 0.232 e. The van der Waals surface area contributed by atoms with Gasteiger partial charge in [-0.15, -0.1) is 0 Å². The Hall–Kier alpha value is -2.54. The molecule has 0 amide bonds. The van der Waals surface area contributed by atoms with E-state index < -0.39 is 34.7 Å². The molecule has 0 aromatic heterocycles. The first-order valence-electron chi connectivity index (χ1n) is 6.03. The van der Waals surface area contributed by atoms with Crippen molar-refractivity contribution in [3.05, 3.63) is 28.5 Å². The van der Waals surface area contributed by atoms with E-state index in [-0.39, 0.29) is 22.6 Å². The van der Waals surface area contributed by atoms with Crippen LogP contribution in [0, 0.1) is 0 Å². The standard InChI is InChI=1S/C14H14O7/c1-5(15)8-12(18)9-6(16)4-7(20-2)11(17)10(9)13(19)14(8)21-3/h4-5,15,18-19H,1-3H3. The molecule has 0 fully saturated rings. The number of methoxy groups -OCH3 is 2. The Morgan fingerprint density at radius 2 is 1.67 bits per heavy atom. The molecular weight excluding hydrogens is 280 g/mol. The summed E-state index contributed by atoms with van der Waals surface area (Å²) < 4.78 is 9.73. The second-order valence-corrected chi connectivity index (χ2v) is 4.48. The average Bonchev–Trinajstić information content (AvgIpc) is 2.43. The van der Waals surface area contributed by atoms with Gasteiger partial charge in [0.1, 0.15) is 5.75 Å². The topological polar surface area (TPSA) is 113 Å². The van der Waals surface area contributed by atoms with Gasteiger partial charge < -0.3 is 24.8 Å². The molecule has 0 saturated carbocycles. The first-order valence-corrected chi connectivity index (χ1v) is 6.03. The lowest BCUT2D eigenvalue weighted by Crippen LogP contribution is -2.20. The van der Waals surface area contributed by atoms with Crippen LogP contribution >= 0.6 is 0 Å².